The minimum Gasteiger partial charge on any atom is -0.323 e. The van der Waals surface area contributed by atoms with Crippen LogP contribution in [0.15, 0.2) is 24.3 Å². The smallest absolute Gasteiger partial charge is 0.0424 e. The molecule has 0 amide bonds. The van der Waals surface area contributed by atoms with Crippen molar-refractivity contribution < 1.29 is 0 Å². The summed E-state index contributed by atoms with van der Waals surface area (Å²) in [5.41, 5.74) is 8.80. The second-order valence-corrected chi connectivity index (χ2v) is 4.45. The Morgan fingerprint density at radius 3 is 2.31 bits per heavy atom. The van der Waals surface area contributed by atoms with Crippen LogP contribution in [0.3, 0.4) is 0 Å². The van der Waals surface area contributed by atoms with Crippen LogP contribution in [0.4, 0.5) is 0 Å². The third kappa shape index (κ3) is 3.95. The van der Waals surface area contributed by atoms with Gasteiger partial charge in [0.05, 0.1) is 0 Å². The third-order valence-electron chi connectivity index (χ3n) is 2.99. The van der Waals surface area contributed by atoms with E-state index in [2.05, 4.69) is 50.1 Å². The van der Waals surface area contributed by atoms with Crippen LogP contribution in [0.1, 0.15) is 37.4 Å². The summed E-state index contributed by atoms with van der Waals surface area (Å²) in [6.07, 6.45) is 2.36. The van der Waals surface area contributed by atoms with Gasteiger partial charge in [0.25, 0.3) is 0 Å². The number of likely N-dealkylation sites (N-methyl/N-ethyl adjacent to an activating group) is 1. The van der Waals surface area contributed by atoms with Crippen LogP contribution < -0.4 is 5.73 Å². The first-order valence-corrected chi connectivity index (χ1v) is 6.20. The van der Waals surface area contributed by atoms with E-state index in [1.54, 1.807) is 0 Å². The van der Waals surface area contributed by atoms with E-state index in [4.69, 9.17) is 5.73 Å². The molecule has 0 aliphatic carbocycles. The molecule has 0 aliphatic rings. The van der Waals surface area contributed by atoms with Crippen LogP contribution in [0.2, 0.25) is 0 Å². The van der Waals surface area contributed by atoms with E-state index in [0.29, 0.717) is 0 Å². The number of benzene rings is 1. The predicted molar refractivity (Wildman–Crippen MR) is 70.5 cm³/mol. The monoisotopic (exact) mass is 220 g/mol. The van der Waals surface area contributed by atoms with E-state index in [-0.39, 0.29) is 6.04 Å². The number of hydrogen-bond acceptors (Lipinski definition) is 2. The van der Waals surface area contributed by atoms with E-state index >= 15 is 0 Å². The van der Waals surface area contributed by atoms with E-state index in [1.807, 2.05) is 0 Å². The lowest BCUT2D eigenvalue weighted by atomic mass is 10.0. The average molecular weight is 220 g/mol. The van der Waals surface area contributed by atoms with Gasteiger partial charge in [-0.15, -0.1) is 0 Å². The van der Waals surface area contributed by atoms with Gasteiger partial charge >= 0.3 is 0 Å². The standard InChI is InChI=1S/C14H24N2/c1-4-6-12-7-9-13(10-8-12)14(15)11-16(3)5-2/h7-10,14H,4-6,11,15H2,1-3H3. The van der Waals surface area contributed by atoms with Crippen LogP contribution in [0.25, 0.3) is 0 Å². The minimum absolute atomic E-state index is 0.126. The molecule has 0 aromatic heterocycles. The lowest BCUT2D eigenvalue weighted by Crippen LogP contribution is -2.28. The number of hydrogen-bond donors (Lipinski definition) is 1. The highest BCUT2D eigenvalue weighted by Gasteiger charge is 2.07. The molecule has 0 radical (unpaired) electrons. The predicted octanol–water partition coefficient (Wildman–Crippen LogP) is 2.59. The van der Waals surface area contributed by atoms with E-state index < -0.39 is 0 Å². The Morgan fingerprint density at radius 1 is 1.19 bits per heavy atom. The Balaban J connectivity index is 2.59. The molecular weight excluding hydrogens is 196 g/mol. The molecule has 16 heavy (non-hydrogen) atoms. The summed E-state index contributed by atoms with van der Waals surface area (Å²) in [5.74, 6) is 0. The van der Waals surface area contributed by atoms with Crippen molar-refractivity contribution in [2.75, 3.05) is 20.1 Å². The normalized spacial score (nSPS) is 13.1. The van der Waals surface area contributed by atoms with Gasteiger partial charge in [-0.3, -0.25) is 0 Å². The first-order valence-electron chi connectivity index (χ1n) is 6.20. The highest BCUT2D eigenvalue weighted by atomic mass is 15.1. The highest BCUT2D eigenvalue weighted by Crippen LogP contribution is 2.13. The van der Waals surface area contributed by atoms with E-state index in [0.717, 1.165) is 19.5 Å². The zero-order valence-electron chi connectivity index (χ0n) is 10.7. The van der Waals surface area contributed by atoms with Crippen molar-refractivity contribution in [2.45, 2.75) is 32.7 Å². The topological polar surface area (TPSA) is 29.3 Å². The highest BCUT2D eigenvalue weighted by molar-refractivity contribution is 5.25. The molecule has 1 rings (SSSR count). The molecular formula is C14H24N2. The van der Waals surface area contributed by atoms with Crippen molar-refractivity contribution in [3.05, 3.63) is 35.4 Å². The molecule has 1 aromatic carbocycles. The summed E-state index contributed by atoms with van der Waals surface area (Å²) in [7, 11) is 2.10. The summed E-state index contributed by atoms with van der Waals surface area (Å²) in [5, 5.41) is 0. The number of nitrogens with two attached hydrogens (primary N) is 1. The molecule has 2 N–H and O–H groups in total. The van der Waals surface area contributed by atoms with Gasteiger partial charge in [0.2, 0.25) is 0 Å². The third-order valence-corrected chi connectivity index (χ3v) is 2.99. The first-order chi connectivity index (χ1) is 7.67. The molecule has 1 unspecified atom stereocenters. The van der Waals surface area contributed by atoms with Crippen molar-refractivity contribution in [2.24, 2.45) is 5.73 Å². The molecule has 0 spiro atoms. The van der Waals surface area contributed by atoms with Crippen molar-refractivity contribution in [3.8, 4) is 0 Å². The molecule has 0 fully saturated rings. The summed E-state index contributed by atoms with van der Waals surface area (Å²) in [4.78, 5) is 2.24. The Morgan fingerprint density at radius 2 is 1.81 bits per heavy atom. The van der Waals surface area contributed by atoms with Gasteiger partial charge in [0.1, 0.15) is 0 Å². The Labute approximate surface area is 99.5 Å². The maximum absolute atomic E-state index is 6.15. The Bertz CT molecular complexity index is 292. The van der Waals surface area contributed by atoms with Gasteiger partial charge in [-0.05, 0) is 31.1 Å². The van der Waals surface area contributed by atoms with Crippen molar-refractivity contribution in [3.63, 3.8) is 0 Å². The number of aryl methyl sites for hydroxylation is 1. The van der Waals surface area contributed by atoms with Crippen LogP contribution in [0.5, 0.6) is 0 Å². The lowest BCUT2D eigenvalue weighted by molar-refractivity contribution is 0.329. The summed E-state index contributed by atoms with van der Waals surface area (Å²) >= 11 is 0. The molecule has 0 saturated carbocycles. The Kier molecular flexibility index (Phi) is 5.50. The average Bonchev–Trinajstić information content (AvgIpc) is 2.30. The number of rotatable bonds is 6. The fourth-order valence-corrected chi connectivity index (χ4v) is 1.79. The maximum Gasteiger partial charge on any atom is 0.0424 e. The number of nitrogens with zero attached hydrogens (tertiary/aromatic N) is 1. The summed E-state index contributed by atoms with van der Waals surface area (Å²) in [6, 6.07) is 8.86. The molecule has 0 bridgehead atoms. The molecule has 2 heteroatoms. The summed E-state index contributed by atoms with van der Waals surface area (Å²) in [6.45, 7) is 6.32. The fourth-order valence-electron chi connectivity index (χ4n) is 1.79. The molecule has 90 valence electrons. The van der Waals surface area contributed by atoms with Crippen molar-refractivity contribution in [1.29, 1.82) is 0 Å². The quantitative estimate of drug-likeness (QED) is 0.798. The van der Waals surface area contributed by atoms with Crippen LogP contribution in [0, 0.1) is 0 Å². The minimum atomic E-state index is 0.126. The van der Waals surface area contributed by atoms with Gasteiger partial charge in [0, 0.05) is 12.6 Å². The zero-order valence-corrected chi connectivity index (χ0v) is 10.7. The van der Waals surface area contributed by atoms with Crippen LogP contribution >= 0.6 is 0 Å². The van der Waals surface area contributed by atoms with Gasteiger partial charge in [-0.2, -0.15) is 0 Å². The van der Waals surface area contributed by atoms with Crippen LogP contribution in [-0.2, 0) is 6.42 Å². The summed E-state index contributed by atoms with van der Waals surface area (Å²) < 4.78 is 0. The molecule has 1 aromatic rings. The van der Waals surface area contributed by atoms with Crippen LogP contribution in [-0.4, -0.2) is 25.0 Å². The van der Waals surface area contributed by atoms with E-state index in [9.17, 15) is 0 Å². The van der Waals surface area contributed by atoms with Crippen molar-refractivity contribution >= 4 is 0 Å². The SMILES string of the molecule is CCCc1ccc(C(N)CN(C)CC)cc1. The molecule has 0 heterocycles. The molecule has 0 aliphatic heterocycles. The van der Waals surface area contributed by atoms with Gasteiger partial charge in [-0.25, -0.2) is 0 Å². The van der Waals surface area contributed by atoms with Gasteiger partial charge < -0.3 is 10.6 Å². The zero-order chi connectivity index (χ0) is 12.0. The fraction of sp³-hybridized carbons (Fsp3) is 0.571. The van der Waals surface area contributed by atoms with Gasteiger partial charge in [-0.1, -0.05) is 44.5 Å². The van der Waals surface area contributed by atoms with E-state index in [1.165, 1.54) is 17.5 Å². The first kappa shape index (κ1) is 13.2. The molecule has 1 atom stereocenters. The van der Waals surface area contributed by atoms with Gasteiger partial charge in [0.15, 0.2) is 0 Å². The Hall–Kier alpha value is -0.860. The second-order valence-electron chi connectivity index (χ2n) is 4.45. The maximum atomic E-state index is 6.15. The largest absolute Gasteiger partial charge is 0.323 e. The lowest BCUT2D eigenvalue weighted by Gasteiger charge is -2.20. The molecule has 2 nitrogen and oxygen atoms in total. The molecule has 0 saturated heterocycles. The van der Waals surface area contributed by atoms with Crippen molar-refractivity contribution in [1.82, 2.24) is 4.90 Å². The second kappa shape index (κ2) is 6.66.